The Morgan fingerprint density at radius 2 is 2.07 bits per heavy atom. The summed E-state index contributed by atoms with van der Waals surface area (Å²) in [5.74, 6) is -1.28. The molecule has 0 spiro atoms. The van der Waals surface area contributed by atoms with Gasteiger partial charge >= 0.3 is 11.9 Å². The van der Waals surface area contributed by atoms with Gasteiger partial charge in [0.2, 0.25) is 0 Å². The van der Waals surface area contributed by atoms with E-state index in [2.05, 4.69) is 11.3 Å². The predicted octanol–water partition coefficient (Wildman–Crippen LogP) is -1.06. The Morgan fingerprint density at radius 1 is 1.50 bits per heavy atom. The number of esters is 2. The molecule has 0 aromatic rings. The molecule has 0 aliphatic carbocycles. The fraction of sp³-hybridized carbons (Fsp3) is 0.500. The van der Waals surface area contributed by atoms with Crippen molar-refractivity contribution in [1.29, 1.82) is 0 Å². The Morgan fingerprint density at radius 3 is 2.43 bits per heavy atom. The van der Waals surface area contributed by atoms with Crippen LogP contribution in [-0.4, -0.2) is 42.2 Å². The lowest BCUT2D eigenvalue weighted by Crippen LogP contribution is -2.31. The van der Waals surface area contributed by atoms with E-state index in [4.69, 9.17) is 9.16 Å². The molecule has 0 aliphatic rings. The number of ether oxygens (including phenoxy) is 2. The summed E-state index contributed by atoms with van der Waals surface area (Å²) in [6.07, 6.45) is -1.03. The zero-order chi connectivity index (χ0) is 11.1. The zero-order valence-electron chi connectivity index (χ0n) is 8.53. The number of carbonyl (C=O) groups excluding carboxylic acids is 2. The number of hydrogen-bond acceptors (Lipinski definition) is 5. The van der Waals surface area contributed by atoms with Gasteiger partial charge in [0.05, 0.1) is 19.3 Å². The molecule has 0 aromatic heterocycles. The van der Waals surface area contributed by atoms with Crippen LogP contribution in [0.25, 0.3) is 0 Å². The van der Waals surface area contributed by atoms with Gasteiger partial charge in [-0.3, -0.25) is 0 Å². The van der Waals surface area contributed by atoms with Crippen LogP contribution in [0.5, 0.6) is 0 Å². The third-order valence-electron chi connectivity index (χ3n) is 1.50. The third-order valence-corrected chi connectivity index (χ3v) is 1.97. The Labute approximate surface area is 85.6 Å². The van der Waals surface area contributed by atoms with Crippen LogP contribution in [0.3, 0.4) is 0 Å². The van der Waals surface area contributed by atoms with E-state index >= 15 is 0 Å². The van der Waals surface area contributed by atoms with Gasteiger partial charge in [-0.25, -0.2) is 9.59 Å². The second-order valence-electron chi connectivity index (χ2n) is 2.38. The summed E-state index contributed by atoms with van der Waals surface area (Å²) in [6, 6.07) is 0. The van der Waals surface area contributed by atoms with E-state index in [0.717, 1.165) is 0 Å². The van der Waals surface area contributed by atoms with Crippen molar-refractivity contribution in [3.8, 4) is 0 Å². The highest BCUT2D eigenvalue weighted by atomic mass is 28.2. The summed E-state index contributed by atoms with van der Waals surface area (Å²) in [5.41, 5.74) is -0.0408. The highest BCUT2D eigenvalue weighted by Crippen LogP contribution is 2.07. The van der Waals surface area contributed by atoms with Gasteiger partial charge in [0.25, 0.3) is 0 Å². The summed E-state index contributed by atoms with van der Waals surface area (Å²) < 4.78 is 14.0. The number of hydrogen-bond donors (Lipinski definition) is 0. The van der Waals surface area contributed by atoms with Gasteiger partial charge in [-0.05, 0) is 6.92 Å². The van der Waals surface area contributed by atoms with Crippen molar-refractivity contribution in [2.75, 3.05) is 13.7 Å². The highest BCUT2D eigenvalue weighted by molar-refractivity contribution is 6.03. The molecule has 6 heteroatoms. The maximum atomic E-state index is 11.2. The van der Waals surface area contributed by atoms with Crippen LogP contribution < -0.4 is 0 Å². The lowest BCUT2D eigenvalue weighted by molar-refractivity contribution is -0.152. The Hall–Kier alpha value is -1.14. The first-order valence-corrected chi connectivity index (χ1v) is 4.86. The quantitative estimate of drug-likeness (QED) is 0.334. The first-order valence-electron chi connectivity index (χ1n) is 4.05. The summed E-state index contributed by atoms with van der Waals surface area (Å²) in [7, 11) is 1.52. The van der Waals surface area contributed by atoms with Gasteiger partial charge in [-0.2, -0.15) is 0 Å². The SMILES string of the molecule is C=C(C(=O)OC)C(O[SiH3])C(=O)OCC. The van der Waals surface area contributed by atoms with E-state index in [1.54, 1.807) is 6.92 Å². The van der Waals surface area contributed by atoms with Crippen molar-refractivity contribution in [2.45, 2.75) is 13.0 Å². The van der Waals surface area contributed by atoms with E-state index in [9.17, 15) is 9.59 Å². The van der Waals surface area contributed by atoms with Crippen molar-refractivity contribution in [3.05, 3.63) is 12.2 Å². The van der Waals surface area contributed by atoms with Crippen LogP contribution in [0.15, 0.2) is 12.2 Å². The van der Waals surface area contributed by atoms with Crippen LogP contribution in [-0.2, 0) is 23.5 Å². The van der Waals surface area contributed by atoms with Gasteiger partial charge in [0, 0.05) is 0 Å². The van der Waals surface area contributed by atoms with Gasteiger partial charge in [-0.1, -0.05) is 6.58 Å². The summed E-state index contributed by atoms with van der Waals surface area (Å²) in [5, 5.41) is 0. The van der Waals surface area contributed by atoms with E-state index < -0.39 is 18.0 Å². The summed E-state index contributed by atoms with van der Waals surface area (Å²) in [4.78, 5) is 22.3. The molecule has 0 saturated heterocycles. The fourth-order valence-electron chi connectivity index (χ4n) is 0.837. The minimum Gasteiger partial charge on any atom is -0.466 e. The molecule has 0 saturated carbocycles. The zero-order valence-corrected chi connectivity index (χ0v) is 10.5. The van der Waals surface area contributed by atoms with E-state index in [1.807, 2.05) is 0 Å². The fourth-order valence-corrected chi connectivity index (χ4v) is 1.31. The van der Waals surface area contributed by atoms with Crippen molar-refractivity contribution in [3.63, 3.8) is 0 Å². The van der Waals surface area contributed by atoms with Crippen LogP contribution in [0.4, 0.5) is 0 Å². The van der Waals surface area contributed by atoms with Crippen LogP contribution in [0.2, 0.25) is 0 Å². The van der Waals surface area contributed by atoms with Gasteiger partial charge in [-0.15, -0.1) is 0 Å². The smallest absolute Gasteiger partial charge is 0.339 e. The van der Waals surface area contributed by atoms with Crippen molar-refractivity contribution in [1.82, 2.24) is 0 Å². The monoisotopic (exact) mass is 218 g/mol. The second-order valence-corrected chi connectivity index (χ2v) is 2.86. The van der Waals surface area contributed by atoms with Gasteiger partial charge < -0.3 is 13.9 Å². The highest BCUT2D eigenvalue weighted by Gasteiger charge is 2.27. The number of rotatable bonds is 5. The lowest BCUT2D eigenvalue weighted by atomic mass is 10.2. The first-order chi connectivity index (χ1) is 6.58. The molecule has 0 radical (unpaired) electrons. The Kier molecular flexibility index (Phi) is 5.81. The molecule has 0 bridgehead atoms. The minimum atomic E-state index is -1.03. The minimum absolute atomic E-state index is 0.0408. The molecule has 1 unspecified atom stereocenters. The van der Waals surface area contributed by atoms with Gasteiger partial charge in [0.1, 0.15) is 10.5 Å². The molecule has 5 nitrogen and oxygen atoms in total. The average molecular weight is 218 g/mol. The topological polar surface area (TPSA) is 61.8 Å². The standard InChI is InChI=1S/C8H14O5Si/c1-4-12-8(10)6(13-14)5(2)7(9)11-3/h6H,2,4H2,1,3,14H3. The van der Waals surface area contributed by atoms with Crippen molar-refractivity contribution < 1.29 is 23.5 Å². The number of methoxy groups -OCH3 is 1. The molecule has 0 heterocycles. The normalized spacial score (nSPS) is 11.9. The maximum Gasteiger partial charge on any atom is 0.339 e. The molecule has 0 amide bonds. The van der Waals surface area contributed by atoms with E-state index in [1.165, 1.54) is 7.11 Å². The average Bonchev–Trinajstić information content (AvgIpc) is 2.18. The van der Waals surface area contributed by atoms with Crippen LogP contribution in [0.1, 0.15) is 6.92 Å². The molecule has 80 valence electrons. The molecule has 0 N–H and O–H groups in total. The van der Waals surface area contributed by atoms with Gasteiger partial charge in [0.15, 0.2) is 6.10 Å². The first kappa shape index (κ1) is 12.9. The van der Waals surface area contributed by atoms with E-state index in [0.29, 0.717) is 10.5 Å². The number of carbonyl (C=O) groups is 2. The van der Waals surface area contributed by atoms with Crippen LogP contribution in [0, 0.1) is 0 Å². The summed E-state index contributed by atoms with van der Waals surface area (Å²) >= 11 is 0. The molecular weight excluding hydrogens is 204 g/mol. The largest absolute Gasteiger partial charge is 0.466 e. The molecule has 0 fully saturated rings. The van der Waals surface area contributed by atoms with Crippen molar-refractivity contribution in [2.24, 2.45) is 0 Å². The maximum absolute atomic E-state index is 11.2. The molecule has 1 atom stereocenters. The lowest BCUT2D eigenvalue weighted by Gasteiger charge is -2.14. The molecule has 14 heavy (non-hydrogen) atoms. The van der Waals surface area contributed by atoms with Crippen molar-refractivity contribution >= 4 is 22.4 Å². The molecule has 0 rings (SSSR count). The second kappa shape index (κ2) is 6.33. The molecule has 0 aromatic carbocycles. The molecular formula is C8H14O5Si. The third kappa shape index (κ3) is 3.31. The predicted molar refractivity (Wildman–Crippen MR) is 52.6 cm³/mol. The van der Waals surface area contributed by atoms with E-state index in [-0.39, 0.29) is 12.2 Å². The summed E-state index contributed by atoms with van der Waals surface area (Å²) in [6.45, 7) is 5.32. The van der Waals surface area contributed by atoms with Crippen LogP contribution >= 0.6 is 0 Å². The Bertz CT molecular complexity index is 238. The molecule has 0 aliphatic heterocycles. The Balaban J connectivity index is 4.47.